The molecule has 1 atom stereocenters. The van der Waals surface area contributed by atoms with E-state index in [-0.39, 0.29) is 30.1 Å². The fourth-order valence-corrected chi connectivity index (χ4v) is 3.92. The molecule has 0 aromatic carbocycles. The molecular formula is C22H44IN5O3. The molecule has 0 spiro atoms. The maximum Gasteiger partial charge on any atom is 0.410 e. The number of aliphatic imine (C=N–C) groups is 1. The van der Waals surface area contributed by atoms with Crippen molar-refractivity contribution in [3.8, 4) is 0 Å². The number of amides is 1. The molecule has 1 N–H and O–H groups in total. The van der Waals surface area contributed by atoms with Crippen LogP contribution in [-0.4, -0.2) is 104 Å². The van der Waals surface area contributed by atoms with E-state index in [2.05, 4.69) is 29.0 Å². The van der Waals surface area contributed by atoms with Gasteiger partial charge in [0, 0.05) is 52.4 Å². The van der Waals surface area contributed by atoms with Gasteiger partial charge in [-0.2, -0.15) is 0 Å². The SMILES string of the molecule is CCCN(CCN=C(NCC)N1CCC(CN2CCOCC2)C1)C(=O)OC(C)(C)C.I. The van der Waals surface area contributed by atoms with E-state index in [0.29, 0.717) is 25.6 Å². The van der Waals surface area contributed by atoms with Gasteiger partial charge in [0.25, 0.3) is 0 Å². The van der Waals surface area contributed by atoms with Gasteiger partial charge < -0.3 is 24.6 Å². The average Bonchev–Trinajstić information content (AvgIpc) is 3.14. The monoisotopic (exact) mass is 553 g/mol. The molecule has 0 radical (unpaired) electrons. The zero-order chi connectivity index (χ0) is 22.0. The minimum Gasteiger partial charge on any atom is -0.444 e. The number of ether oxygens (including phenoxy) is 2. The van der Waals surface area contributed by atoms with Crippen LogP contribution in [0.15, 0.2) is 4.99 Å². The van der Waals surface area contributed by atoms with Gasteiger partial charge in [-0.1, -0.05) is 6.92 Å². The zero-order valence-electron chi connectivity index (χ0n) is 20.2. The van der Waals surface area contributed by atoms with Gasteiger partial charge in [-0.05, 0) is 46.5 Å². The summed E-state index contributed by atoms with van der Waals surface area (Å²) < 4.78 is 11.0. The van der Waals surface area contributed by atoms with Crippen molar-refractivity contribution in [3.05, 3.63) is 0 Å². The largest absolute Gasteiger partial charge is 0.444 e. The summed E-state index contributed by atoms with van der Waals surface area (Å²) in [4.78, 5) is 23.9. The molecule has 2 heterocycles. The Hall–Kier alpha value is -0.810. The van der Waals surface area contributed by atoms with Crippen LogP contribution in [0, 0.1) is 5.92 Å². The minimum absolute atomic E-state index is 0. The van der Waals surface area contributed by atoms with E-state index in [0.717, 1.165) is 64.9 Å². The van der Waals surface area contributed by atoms with Crippen molar-refractivity contribution >= 4 is 36.0 Å². The number of hydrogen-bond acceptors (Lipinski definition) is 5. The van der Waals surface area contributed by atoms with Crippen LogP contribution in [0.5, 0.6) is 0 Å². The van der Waals surface area contributed by atoms with Crippen molar-refractivity contribution in [2.75, 3.05) is 72.1 Å². The number of rotatable bonds is 8. The quantitative estimate of drug-likeness (QED) is 0.283. The first-order valence-corrected chi connectivity index (χ1v) is 11.6. The first-order valence-electron chi connectivity index (χ1n) is 11.6. The summed E-state index contributed by atoms with van der Waals surface area (Å²) in [6.07, 6.45) is 1.84. The van der Waals surface area contributed by atoms with Gasteiger partial charge in [-0.15, -0.1) is 24.0 Å². The molecule has 0 bridgehead atoms. The fraction of sp³-hybridized carbons (Fsp3) is 0.909. The molecule has 0 saturated carbocycles. The van der Waals surface area contributed by atoms with Gasteiger partial charge in [0.05, 0.1) is 19.8 Å². The number of halogens is 1. The van der Waals surface area contributed by atoms with Crippen LogP contribution in [0.1, 0.15) is 47.5 Å². The third-order valence-electron chi connectivity index (χ3n) is 5.32. The Morgan fingerprint density at radius 3 is 2.52 bits per heavy atom. The van der Waals surface area contributed by atoms with E-state index in [4.69, 9.17) is 14.5 Å². The molecule has 1 unspecified atom stereocenters. The smallest absolute Gasteiger partial charge is 0.410 e. The summed E-state index contributed by atoms with van der Waals surface area (Å²) in [5.41, 5.74) is -0.480. The predicted octanol–water partition coefficient (Wildman–Crippen LogP) is 2.87. The number of hydrogen-bond donors (Lipinski definition) is 1. The van der Waals surface area contributed by atoms with Crippen molar-refractivity contribution in [3.63, 3.8) is 0 Å². The maximum atomic E-state index is 12.5. The van der Waals surface area contributed by atoms with Crippen LogP contribution < -0.4 is 5.32 Å². The van der Waals surface area contributed by atoms with Gasteiger partial charge >= 0.3 is 6.09 Å². The van der Waals surface area contributed by atoms with E-state index in [1.807, 2.05) is 20.8 Å². The Morgan fingerprint density at radius 1 is 1.19 bits per heavy atom. The van der Waals surface area contributed by atoms with Crippen molar-refractivity contribution in [2.45, 2.75) is 53.1 Å². The lowest BCUT2D eigenvalue weighted by Crippen LogP contribution is -2.43. The zero-order valence-corrected chi connectivity index (χ0v) is 22.5. The second-order valence-corrected chi connectivity index (χ2v) is 9.22. The van der Waals surface area contributed by atoms with Gasteiger partial charge in [0.1, 0.15) is 5.60 Å². The Balaban J connectivity index is 0.00000480. The van der Waals surface area contributed by atoms with Crippen molar-refractivity contribution < 1.29 is 14.3 Å². The lowest BCUT2D eigenvalue weighted by atomic mass is 10.1. The maximum absolute atomic E-state index is 12.5. The molecule has 182 valence electrons. The summed E-state index contributed by atoms with van der Waals surface area (Å²) in [5, 5.41) is 3.43. The Kier molecular flexibility index (Phi) is 13.1. The highest BCUT2D eigenvalue weighted by molar-refractivity contribution is 14.0. The van der Waals surface area contributed by atoms with Crippen molar-refractivity contribution in [1.29, 1.82) is 0 Å². The summed E-state index contributed by atoms with van der Waals surface area (Å²) >= 11 is 0. The second kappa shape index (κ2) is 14.4. The number of likely N-dealkylation sites (tertiary alicyclic amines) is 1. The predicted molar refractivity (Wildman–Crippen MR) is 136 cm³/mol. The average molecular weight is 554 g/mol. The third kappa shape index (κ3) is 10.6. The molecule has 0 aromatic rings. The molecule has 2 aliphatic rings. The third-order valence-corrected chi connectivity index (χ3v) is 5.32. The van der Waals surface area contributed by atoms with Gasteiger partial charge in [-0.3, -0.25) is 9.89 Å². The molecule has 31 heavy (non-hydrogen) atoms. The highest BCUT2D eigenvalue weighted by Crippen LogP contribution is 2.18. The molecule has 0 aliphatic carbocycles. The van der Waals surface area contributed by atoms with E-state index < -0.39 is 5.60 Å². The van der Waals surface area contributed by atoms with Crippen LogP contribution in [0.2, 0.25) is 0 Å². The topological polar surface area (TPSA) is 69.6 Å². The Bertz CT molecular complexity index is 550. The van der Waals surface area contributed by atoms with Crippen molar-refractivity contribution in [1.82, 2.24) is 20.0 Å². The molecule has 2 saturated heterocycles. The first-order chi connectivity index (χ1) is 14.3. The van der Waals surface area contributed by atoms with E-state index >= 15 is 0 Å². The normalized spacial score (nSPS) is 20.4. The number of guanidine groups is 1. The summed E-state index contributed by atoms with van der Waals surface area (Å²) in [5.74, 6) is 1.63. The van der Waals surface area contributed by atoms with Crippen LogP contribution in [-0.2, 0) is 9.47 Å². The first kappa shape index (κ1) is 28.2. The van der Waals surface area contributed by atoms with Gasteiger partial charge in [-0.25, -0.2) is 4.79 Å². The molecular weight excluding hydrogens is 509 g/mol. The lowest BCUT2D eigenvalue weighted by Gasteiger charge is -2.29. The van der Waals surface area contributed by atoms with Crippen LogP contribution >= 0.6 is 24.0 Å². The minimum atomic E-state index is -0.480. The van der Waals surface area contributed by atoms with E-state index in [1.54, 1.807) is 4.90 Å². The fourth-order valence-electron chi connectivity index (χ4n) is 3.92. The number of carbonyl (C=O) groups is 1. The summed E-state index contributed by atoms with van der Waals surface area (Å²) in [6, 6.07) is 0. The lowest BCUT2D eigenvalue weighted by molar-refractivity contribution is 0.0255. The highest BCUT2D eigenvalue weighted by atomic mass is 127. The number of morpholine rings is 1. The Morgan fingerprint density at radius 2 is 1.90 bits per heavy atom. The van der Waals surface area contributed by atoms with Crippen LogP contribution in [0.3, 0.4) is 0 Å². The van der Waals surface area contributed by atoms with E-state index in [1.165, 1.54) is 6.42 Å². The molecule has 2 aliphatic heterocycles. The van der Waals surface area contributed by atoms with Gasteiger partial charge in [0.15, 0.2) is 5.96 Å². The molecule has 2 fully saturated rings. The molecule has 9 heteroatoms. The molecule has 8 nitrogen and oxygen atoms in total. The molecule has 0 aromatic heterocycles. The summed E-state index contributed by atoms with van der Waals surface area (Å²) in [7, 11) is 0. The number of nitrogens with zero attached hydrogens (tertiary/aromatic N) is 4. The summed E-state index contributed by atoms with van der Waals surface area (Å²) in [6.45, 7) is 19.6. The number of carbonyl (C=O) groups excluding carboxylic acids is 1. The molecule has 2 rings (SSSR count). The Labute approximate surface area is 206 Å². The molecule has 1 amide bonds. The second-order valence-electron chi connectivity index (χ2n) is 9.22. The van der Waals surface area contributed by atoms with Crippen LogP contribution in [0.25, 0.3) is 0 Å². The van der Waals surface area contributed by atoms with E-state index in [9.17, 15) is 4.79 Å². The highest BCUT2D eigenvalue weighted by Gasteiger charge is 2.27. The van der Waals surface area contributed by atoms with Gasteiger partial charge in [0.2, 0.25) is 0 Å². The van der Waals surface area contributed by atoms with Crippen LogP contribution in [0.4, 0.5) is 4.79 Å². The van der Waals surface area contributed by atoms with Crippen molar-refractivity contribution in [2.24, 2.45) is 10.9 Å². The number of nitrogens with one attached hydrogen (secondary N) is 1. The standard InChI is InChI=1S/C22H43N5O3.HI/c1-6-10-26(21(28)30-22(3,4)5)12-9-24-20(23-7-2)27-11-8-19(18-27)17-25-13-15-29-16-14-25;/h19H,6-18H2,1-5H3,(H,23,24);1H.